The molecule has 0 aliphatic carbocycles. The number of piperazine rings is 1. The van der Waals surface area contributed by atoms with Crippen molar-refractivity contribution in [1.82, 2.24) is 4.90 Å². The molecule has 0 spiro atoms. The molecule has 3 aromatic rings. The normalized spacial score (nSPS) is 13.5. The smallest absolute Gasteiger partial charge is 0.255 e. The second-order valence-corrected chi connectivity index (χ2v) is 8.47. The Morgan fingerprint density at radius 2 is 1.65 bits per heavy atom. The number of rotatable bonds is 7. The van der Waals surface area contributed by atoms with Gasteiger partial charge in [-0.1, -0.05) is 31.2 Å². The van der Waals surface area contributed by atoms with Crippen molar-refractivity contribution in [2.75, 3.05) is 43.0 Å². The van der Waals surface area contributed by atoms with Crippen molar-refractivity contribution in [1.29, 1.82) is 0 Å². The van der Waals surface area contributed by atoms with E-state index < -0.39 is 0 Å². The van der Waals surface area contributed by atoms with Gasteiger partial charge in [-0.3, -0.25) is 9.59 Å². The molecule has 0 bridgehead atoms. The zero-order valence-corrected chi connectivity index (χ0v) is 19.8. The van der Waals surface area contributed by atoms with Crippen LogP contribution in [0.25, 0.3) is 0 Å². The third-order valence-corrected chi connectivity index (χ3v) is 6.00. The minimum atomic E-state index is -0.168. The van der Waals surface area contributed by atoms with E-state index in [1.807, 2.05) is 79.4 Å². The maximum Gasteiger partial charge on any atom is 0.255 e. The van der Waals surface area contributed by atoms with Crippen molar-refractivity contribution in [2.24, 2.45) is 0 Å². The molecule has 1 fully saturated rings. The molecule has 1 aliphatic heterocycles. The van der Waals surface area contributed by atoms with Crippen molar-refractivity contribution in [3.8, 4) is 5.75 Å². The summed E-state index contributed by atoms with van der Waals surface area (Å²) in [5.74, 6) is 0.628. The lowest BCUT2D eigenvalue weighted by molar-refractivity contribution is 0.0746. The molecule has 1 N–H and O–H groups in total. The number of nitrogens with zero attached hydrogens (tertiary/aromatic N) is 2. The SMILES string of the molecule is CCCOc1cccc(C(=O)Nc2ccc(N3CCN(C(=O)c4ccccc4C)CC3)cc2)c1. The number of nitrogens with one attached hydrogen (secondary N) is 1. The van der Waals surface area contributed by atoms with E-state index in [0.29, 0.717) is 31.0 Å². The molecule has 1 aliphatic rings. The quantitative estimate of drug-likeness (QED) is 0.542. The van der Waals surface area contributed by atoms with Crippen LogP contribution < -0.4 is 15.0 Å². The van der Waals surface area contributed by atoms with Crippen LogP contribution in [0.3, 0.4) is 0 Å². The summed E-state index contributed by atoms with van der Waals surface area (Å²) in [7, 11) is 0. The van der Waals surface area contributed by atoms with Gasteiger partial charge in [0, 0.05) is 48.7 Å². The first kappa shape index (κ1) is 23.4. The van der Waals surface area contributed by atoms with Crippen molar-refractivity contribution in [2.45, 2.75) is 20.3 Å². The van der Waals surface area contributed by atoms with Gasteiger partial charge in [0.2, 0.25) is 0 Å². The van der Waals surface area contributed by atoms with Gasteiger partial charge in [-0.15, -0.1) is 0 Å². The van der Waals surface area contributed by atoms with Crippen molar-refractivity contribution < 1.29 is 14.3 Å². The fourth-order valence-corrected chi connectivity index (χ4v) is 4.06. The van der Waals surface area contributed by atoms with E-state index in [4.69, 9.17) is 4.74 Å². The summed E-state index contributed by atoms with van der Waals surface area (Å²) in [6.07, 6.45) is 0.917. The molecule has 4 rings (SSSR count). The van der Waals surface area contributed by atoms with E-state index >= 15 is 0 Å². The maximum atomic E-state index is 12.9. The molecular formula is C28H31N3O3. The van der Waals surface area contributed by atoms with Crippen LogP contribution in [0.1, 0.15) is 39.6 Å². The Labute approximate surface area is 201 Å². The number of benzene rings is 3. The first-order valence-electron chi connectivity index (χ1n) is 11.8. The average Bonchev–Trinajstić information content (AvgIpc) is 2.88. The highest BCUT2D eigenvalue weighted by Gasteiger charge is 2.23. The number of amides is 2. The highest BCUT2D eigenvalue weighted by molar-refractivity contribution is 6.04. The van der Waals surface area contributed by atoms with E-state index in [-0.39, 0.29) is 11.8 Å². The molecule has 176 valence electrons. The Morgan fingerprint density at radius 3 is 2.35 bits per heavy atom. The molecule has 6 nitrogen and oxygen atoms in total. The lowest BCUT2D eigenvalue weighted by Gasteiger charge is -2.36. The summed E-state index contributed by atoms with van der Waals surface area (Å²) in [5.41, 5.74) is 4.16. The zero-order valence-electron chi connectivity index (χ0n) is 19.8. The zero-order chi connectivity index (χ0) is 23.9. The van der Waals surface area contributed by atoms with E-state index in [0.717, 1.165) is 42.0 Å². The van der Waals surface area contributed by atoms with Gasteiger partial charge < -0.3 is 19.9 Å². The topological polar surface area (TPSA) is 61.9 Å². The Kier molecular flexibility index (Phi) is 7.48. The Bertz CT molecular complexity index is 1140. The van der Waals surface area contributed by atoms with Gasteiger partial charge in [0.15, 0.2) is 0 Å². The highest BCUT2D eigenvalue weighted by Crippen LogP contribution is 2.22. The standard InChI is InChI=1S/C28H31N3O3/c1-3-19-34-25-9-6-8-22(20-25)27(32)29-23-11-13-24(14-12-23)30-15-17-31(18-16-30)28(33)26-10-5-4-7-21(26)2/h4-14,20H,3,15-19H2,1-2H3,(H,29,32). The van der Waals surface area contributed by atoms with Crippen LogP contribution in [-0.4, -0.2) is 49.5 Å². The van der Waals surface area contributed by atoms with Gasteiger partial charge in [-0.05, 0) is 67.4 Å². The Balaban J connectivity index is 1.32. The van der Waals surface area contributed by atoms with Crippen molar-refractivity contribution in [3.05, 3.63) is 89.5 Å². The Morgan fingerprint density at radius 1 is 0.912 bits per heavy atom. The number of carbonyl (C=O) groups is 2. The van der Waals surface area contributed by atoms with Crippen LogP contribution in [0.5, 0.6) is 5.75 Å². The average molecular weight is 458 g/mol. The molecule has 1 saturated heterocycles. The summed E-state index contributed by atoms with van der Waals surface area (Å²) in [6, 6.07) is 22.8. The number of carbonyl (C=O) groups excluding carboxylic acids is 2. The van der Waals surface area contributed by atoms with E-state index in [9.17, 15) is 9.59 Å². The molecule has 1 heterocycles. The third-order valence-electron chi connectivity index (χ3n) is 6.00. The Hall–Kier alpha value is -3.80. The monoisotopic (exact) mass is 457 g/mol. The van der Waals surface area contributed by atoms with E-state index in [1.54, 1.807) is 12.1 Å². The molecular weight excluding hydrogens is 426 g/mol. The maximum absolute atomic E-state index is 12.9. The fraction of sp³-hybridized carbons (Fsp3) is 0.286. The van der Waals surface area contributed by atoms with Gasteiger partial charge in [0.1, 0.15) is 5.75 Å². The highest BCUT2D eigenvalue weighted by atomic mass is 16.5. The van der Waals surface area contributed by atoms with Crippen molar-refractivity contribution in [3.63, 3.8) is 0 Å². The largest absolute Gasteiger partial charge is 0.494 e. The number of ether oxygens (including phenoxy) is 1. The minimum Gasteiger partial charge on any atom is -0.494 e. The summed E-state index contributed by atoms with van der Waals surface area (Å²) >= 11 is 0. The van der Waals surface area contributed by atoms with Crippen LogP contribution in [0.15, 0.2) is 72.8 Å². The second kappa shape index (κ2) is 10.9. The first-order valence-corrected chi connectivity index (χ1v) is 11.8. The molecule has 0 radical (unpaired) electrons. The van der Waals surface area contributed by atoms with Crippen LogP contribution in [0.2, 0.25) is 0 Å². The molecule has 2 amide bonds. The van der Waals surface area contributed by atoms with Gasteiger partial charge in [-0.25, -0.2) is 0 Å². The lowest BCUT2D eigenvalue weighted by atomic mass is 10.1. The van der Waals surface area contributed by atoms with E-state index in [2.05, 4.69) is 10.2 Å². The number of hydrogen-bond donors (Lipinski definition) is 1. The predicted molar refractivity (Wildman–Crippen MR) is 136 cm³/mol. The van der Waals surface area contributed by atoms with Crippen LogP contribution >= 0.6 is 0 Å². The summed E-state index contributed by atoms with van der Waals surface area (Å²) in [4.78, 5) is 29.7. The van der Waals surface area contributed by atoms with Crippen molar-refractivity contribution >= 4 is 23.2 Å². The number of anilines is 2. The second-order valence-electron chi connectivity index (χ2n) is 8.47. The van der Waals surface area contributed by atoms with Gasteiger partial charge in [0.05, 0.1) is 6.61 Å². The minimum absolute atomic E-state index is 0.0972. The summed E-state index contributed by atoms with van der Waals surface area (Å²) < 4.78 is 5.62. The van der Waals surface area contributed by atoms with Gasteiger partial charge in [-0.2, -0.15) is 0 Å². The van der Waals surface area contributed by atoms with E-state index in [1.165, 1.54) is 0 Å². The molecule has 34 heavy (non-hydrogen) atoms. The fourth-order valence-electron chi connectivity index (χ4n) is 4.06. The summed E-state index contributed by atoms with van der Waals surface area (Å²) in [5, 5.41) is 2.95. The van der Waals surface area contributed by atoms with Gasteiger partial charge >= 0.3 is 0 Å². The van der Waals surface area contributed by atoms with Crippen LogP contribution in [0.4, 0.5) is 11.4 Å². The number of hydrogen-bond acceptors (Lipinski definition) is 4. The molecule has 0 atom stereocenters. The lowest BCUT2D eigenvalue weighted by Crippen LogP contribution is -2.48. The molecule has 6 heteroatoms. The predicted octanol–water partition coefficient (Wildman–Crippen LogP) is 5.00. The van der Waals surface area contributed by atoms with Crippen LogP contribution in [0, 0.1) is 6.92 Å². The molecule has 0 saturated carbocycles. The molecule has 3 aromatic carbocycles. The third kappa shape index (κ3) is 5.57. The molecule has 0 unspecified atom stereocenters. The first-order chi connectivity index (χ1) is 16.5. The summed E-state index contributed by atoms with van der Waals surface area (Å²) in [6.45, 7) is 7.55. The number of aryl methyl sites for hydroxylation is 1. The van der Waals surface area contributed by atoms with Crippen LogP contribution in [-0.2, 0) is 0 Å². The van der Waals surface area contributed by atoms with Gasteiger partial charge in [0.25, 0.3) is 11.8 Å². The molecule has 0 aromatic heterocycles.